The first-order chi connectivity index (χ1) is 6.90. The van der Waals surface area contributed by atoms with Gasteiger partial charge in [-0.3, -0.25) is 0 Å². The third-order valence-electron chi connectivity index (χ3n) is 3.91. The van der Waals surface area contributed by atoms with E-state index in [0.717, 1.165) is 24.9 Å². The van der Waals surface area contributed by atoms with Crippen molar-refractivity contribution in [1.82, 2.24) is 4.90 Å². The van der Waals surface area contributed by atoms with Crippen molar-refractivity contribution in [3.8, 4) is 0 Å². The summed E-state index contributed by atoms with van der Waals surface area (Å²) in [6.45, 7) is 2.79. The standard InChI is InChI=1S/C12H23NO/c14-9-3-8-13(12-6-2-7-12)10-11-4-1-5-11/h11-12,14H,1-10H2. The van der Waals surface area contributed by atoms with Gasteiger partial charge >= 0.3 is 0 Å². The highest BCUT2D eigenvalue weighted by Crippen LogP contribution is 2.31. The molecular formula is C12H23NO. The maximum Gasteiger partial charge on any atom is 0.0443 e. The molecule has 2 heteroatoms. The summed E-state index contributed by atoms with van der Waals surface area (Å²) in [4.78, 5) is 2.64. The van der Waals surface area contributed by atoms with E-state index < -0.39 is 0 Å². The molecule has 14 heavy (non-hydrogen) atoms. The van der Waals surface area contributed by atoms with E-state index in [4.69, 9.17) is 5.11 Å². The molecule has 82 valence electrons. The third-order valence-corrected chi connectivity index (χ3v) is 3.91. The van der Waals surface area contributed by atoms with Gasteiger partial charge in [-0.05, 0) is 38.0 Å². The molecular weight excluding hydrogens is 174 g/mol. The van der Waals surface area contributed by atoms with Gasteiger partial charge in [0.15, 0.2) is 0 Å². The van der Waals surface area contributed by atoms with E-state index >= 15 is 0 Å². The maximum atomic E-state index is 8.87. The van der Waals surface area contributed by atoms with Crippen molar-refractivity contribution >= 4 is 0 Å². The Morgan fingerprint density at radius 1 is 1.07 bits per heavy atom. The fraction of sp³-hybridized carbons (Fsp3) is 1.00. The Morgan fingerprint density at radius 3 is 2.21 bits per heavy atom. The number of hydrogen-bond donors (Lipinski definition) is 1. The summed E-state index contributed by atoms with van der Waals surface area (Å²) in [7, 11) is 0. The van der Waals surface area contributed by atoms with Crippen LogP contribution in [0.25, 0.3) is 0 Å². The first-order valence-corrected chi connectivity index (χ1v) is 6.25. The fourth-order valence-corrected chi connectivity index (χ4v) is 2.46. The third kappa shape index (κ3) is 2.48. The molecule has 2 aliphatic carbocycles. The van der Waals surface area contributed by atoms with Gasteiger partial charge in [0.2, 0.25) is 0 Å². The molecule has 0 aliphatic heterocycles. The predicted octanol–water partition coefficient (Wildman–Crippen LogP) is 2.02. The molecule has 2 fully saturated rings. The molecule has 0 spiro atoms. The molecule has 2 saturated carbocycles. The second-order valence-corrected chi connectivity index (χ2v) is 4.95. The van der Waals surface area contributed by atoms with Crippen LogP contribution in [0.5, 0.6) is 0 Å². The molecule has 0 bridgehead atoms. The lowest BCUT2D eigenvalue weighted by Crippen LogP contribution is -2.44. The normalized spacial score (nSPS) is 23.6. The highest BCUT2D eigenvalue weighted by molar-refractivity contribution is 4.83. The topological polar surface area (TPSA) is 23.5 Å². The van der Waals surface area contributed by atoms with E-state index in [9.17, 15) is 0 Å². The number of aliphatic hydroxyl groups excluding tert-OH is 1. The smallest absolute Gasteiger partial charge is 0.0443 e. The molecule has 0 atom stereocenters. The second kappa shape index (κ2) is 5.13. The van der Waals surface area contributed by atoms with Gasteiger partial charge in [0, 0.05) is 25.7 Å². The first kappa shape index (κ1) is 10.4. The summed E-state index contributed by atoms with van der Waals surface area (Å²) in [5.41, 5.74) is 0. The molecule has 0 aromatic rings. The molecule has 0 amide bonds. The number of hydrogen-bond acceptors (Lipinski definition) is 2. The Kier molecular flexibility index (Phi) is 3.82. The zero-order valence-corrected chi connectivity index (χ0v) is 9.12. The van der Waals surface area contributed by atoms with Gasteiger partial charge in [-0.15, -0.1) is 0 Å². The minimum Gasteiger partial charge on any atom is -0.396 e. The summed E-state index contributed by atoms with van der Waals surface area (Å²) in [5.74, 6) is 0.981. The Balaban J connectivity index is 1.72. The highest BCUT2D eigenvalue weighted by atomic mass is 16.3. The molecule has 1 N–H and O–H groups in total. The second-order valence-electron chi connectivity index (χ2n) is 4.95. The van der Waals surface area contributed by atoms with E-state index in [2.05, 4.69) is 4.90 Å². The highest BCUT2D eigenvalue weighted by Gasteiger charge is 2.28. The lowest BCUT2D eigenvalue weighted by molar-refractivity contribution is 0.0799. The fourth-order valence-electron chi connectivity index (χ4n) is 2.46. The summed E-state index contributed by atoms with van der Waals surface area (Å²) in [5, 5.41) is 8.87. The lowest BCUT2D eigenvalue weighted by Gasteiger charge is -2.41. The van der Waals surface area contributed by atoms with Crippen molar-refractivity contribution in [2.45, 2.75) is 51.0 Å². The van der Waals surface area contributed by atoms with Gasteiger partial charge in [0.05, 0.1) is 0 Å². The first-order valence-electron chi connectivity index (χ1n) is 6.25. The quantitative estimate of drug-likeness (QED) is 0.704. The average Bonchev–Trinajstić information content (AvgIpc) is 2.03. The molecule has 2 nitrogen and oxygen atoms in total. The zero-order valence-electron chi connectivity index (χ0n) is 9.12. The van der Waals surface area contributed by atoms with E-state index in [-0.39, 0.29) is 0 Å². The van der Waals surface area contributed by atoms with Gasteiger partial charge in [0.1, 0.15) is 0 Å². The van der Waals surface area contributed by atoms with Crippen LogP contribution in [-0.2, 0) is 0 Å². The van der Waals surface area contributed by atoms with Gasteiger partial charge in [-0.2, -0.15) is 0 Å². The molecule has 2 aliphatic rings. The van der Waals surface area contributed by atoms with Gasteiger partial charge in [-0.1, -0.05) is 12.8 Å². The van der Waals surface area contributed by atoms with Crippen LogP contribution in [0.4, 0.5) is 0 Å². The maximum absolute atomic E-state index is 8.87. The number of aliphatic hydroxyl groups is 1. The van der Waals surface area contributed by atoms with Crippen molar-refractivity contribution in [3.63, 3.8) is 0 Å². The van der Waals surface area contributed by atoms with Crippen LogP contribution in [0.1, 0.15) is 44.9 Å². The van der Waals surface area contributed by atoms with Crippen molar-refractivity contribution in [1.29, 1.82) is 0 Å². The number of rotatable bonds is 6. The predicted molar refractivity (Wildman–Crippen MR) is 58.3 cm³/mol. The molecule has 0 heterocycles. The zero-order chi connectivity index (χ0) is 9.80. The molecule has 0 aromatic heterocycles. The lowest BCUT2D eigenvalue weighted by atomic mass is 9.83. The summed E-state index contributed by atoms with van der Waals surface area (Å²) in [6.07, 6.45) is 9.53. The van der Waals surface area contributed by atoms with Crippen LogP contribution in [0, 0.1) is 5.92 Å². The van der Waals surface area contributed by atoms with Crippen LogP contribution in [0.15, 0.2) is 0 Å². The number of nitrogens with zero attached hydrogens (tertiary/aromatic N) is 1. The minimum absolute atomic E-state index is 0.355. The molecule has 0 aromatic carbocycles. The van der Waals surface area contributed by atoms with Crippen molar-refractivity contribution in [3.05, 3.63) is 0 Å². The summed E-state index contributed by atoms with van der Waals surface area (Å²) in [6, 6.07) is 0.863. The minimum atomic E-state index is 0.355. The molecule has 2 rings (SSSR count). The SMILES string of the molecule is OCCCN(CC1CCC1)C1CCC1. The summed E-state index contributed by atoms with van der Waals surface area (Å²) < 4.78 is 0. The van der Waals surface area contributed by atoms with E-state index in [1.807, 2.05) is 0 Å². The van der Waals surface area contributed by atoms with Gasteiger partial charge in [-0.25, -0.2) is 0 Å². The Bertz CT molecular complexity index is 164. The van der Waals surface area contributed by atoms with Crippen LogP contribution in [-0.4, -0.2) is 35.7 Å². The summed E-state index contributed by atoms with van der Waals surface area (Å²) >= 11 is 0. The van der Waals surface area contributed by atoms with Crippen molar-refractivity contribution in [2.24, 2.45) is 5.92 Å². The van der Waals surface area contributed by atoms with Gasteiger partial charge in [0.25, 0.3) is 0 Å². The van der Waals surface area contributed by atoms with E-state index in [0.29, 0.717) is 6.61 Å². The average molecular weight is 197 g/mol. The van der Waals surface area contributed by atoms with E-state index in [1.165, 1.54) is 45.1 Å². The van der Waals surface area contributed by atoms with Crippen molar-refractivity contribution in [2.75, 3.05) is 19.7 Å². The van der Waals surface area contributed by atoms with Crippen molar-refractivity contribution < 1.29 is 5.11 Å². The molecule has 0 radical (unpaired) electrons. The monoisotopic (exact) mass is 197 g/mol. The van der Waals surface area contributed by atoms with Gasteiger partial charge < -0.3 is 10.0 Å². The Morgan fingerprint density at radius 2 is 1.79 bits per heavy atom. The Hall–Kier alpha value is -0.0800. The largest absolute Gasteiger partial charge is 0.396 e. The molecule has 0 saturated heterocycles. The van der Waals surface area contributed by atoms with Crippen LogP contribution in [0.2, 0.25) is 0 Å². The molecule has 0 unspecified atom stereocenters. The van der Waals surface area contributed by atoms with Crippen LogP contribution in [0.3, 0.4) is 0 Å². The van der Waals surface area contributed by atoms with Crippen LogP contribution >= 0.6 is 0 Å². The van der Waals surface area contributed by atoms with Crippen LogP contribution < -0.4 is 0 Å². The van der Waals surface area contributed by atoms with E-state index in [1.54, 1.807) is 0 Å². The Labute approximate surface area is 87.3 Å².